The fraction of sp³-hybridized carbons (Fsp3) is 0.833. The highest BCUT2D eigenvalue weighted by atomic mass is 14.0. The fourth-order valence-corrected chi connectivity index (χ4v) is 1.22. The number of hydrogen-bond acceptors (Lipinski definition) is 0. The van der Waals surface area contributed by atoms with E-state index in [0.29, 0.717) is 0 Å². The summed E-state index contributed by atoms with van der Waals surface area (Å²) in [5.74, 6) is 0.881. The molecule has 0 saturated carbocycles. The van der Waals surface area contributed by atoms with E-state index in [9.17, 15) is 0 Å². The van der Waals surface area contributed by atoms with E-state index in [4.69, 9.17) is 0 Å². The molecule has 0 nitrogen and oxygen atoms in total. The SMILES string of the molecule is CCCCC(C)C/C=C(/C)CC. The highest BCUT2D eigenvalue weighted by Crippen LogP contribution is 2.14. The summed E-state index contributed by atoms with van der Waals surface area (Å²) in [5.41, 5.74) is 1.54. The van der Waals surface area contributed by atoms with Crippen LogP contribution in [0.3, 0.4) is 0 Å². The van der Waals surface area contributed by atoms with Crippen LogP contribution in [-0.4, -0.2) is 0 Å². The van der Waals surface area contributed by atoms with Gasteiger partial charge in [-0.1, -0.05) is 51.7 Å². The van der Waals surface area contributed by atoms with Crippen molar-refractivity contribution in [3.63, 3.8) is 0 Å². The van der Waals surface area contributed by atoms with Gasteiger partial charge in [0.05, 0.1) is 0 Å². The second kappa shape index (κ2) is 7.39. The molecule has 0 aliphatic carbocycles. The topological polar surface area (TPSA) is 0 Å². The Morgan fingerprint density at radius 2 is 2.00 bits per heavy atom. The van der Waals surface area contributed by atoms with E-state index in [1.54, 1.807) is 5.57 Å². The molecule has 0 heterocycles. The largest absolute Gasteiger partial charge is 0.0854 e. The summed E-state index contributed by atoms with van der Waals surface area (Å²) in [6, 6.07) is 0. The predicted octanol–water partition coefficient (Wildman–Crippen LogP) is 4.56. The smallest absolute Gasteiger partial charge is 0.0322 e. The minimum atomic E-state index is 0.881. The number of hydrogen-bond donors (Lipinski definition) is 0. The van der Waals surface area contributed by atoms with E-state index in [0.717, 1.165) is 5.92 Å². The zero-order valence-corrected chi connectivity index (χ0v) is 9.19. The summed E-state index contributed by atoms with van der Waals surface area (Å²) in [4.78, 5) is 0. The van der Waals surface area contributed by atoms with Crippen LogP contribution in [0, 0.1) is 5.92 Å². The Balaban J connectivity index is 3.48. The maximum atomic E-state index is 2.40. The van der Waals surface area contributed by atoms with Crippen LogP contribution >= 0.6 is 0 Å². The zero-order valence-electron chi connectivity index (χ0n) is 9.19. The van der Waals surface area contributed by atoms with Gasteiger partial charge < -0.3 is 0 Å². The van der Waals surface area contributed by atoms with Gasteiger partial charge in [-0.15, -0.1) is 0 Å². The van der Waals surface area contributed by atoms with E-state index in [-0.39, 0.29) is 0 Å². The lowest BCUT2D eigenvalue weighted by Gasteiger charge is -2.07. The lowest BCUT2D eigenvalue weighted by atomic mass is 9.99. The molecule has 0 fully saturated rings. The van der Waals surface area contributed by atoms with Crippen molar-refractivity contribution in [2.24, 2.45) is 5.92 Å². The quantitative estimate of drug-likeness (QED) is 0.510. The van der Waals surface area contributed by atoms with Gasteiger partial charge in [-0.05, 0) is 25.7 Å². The maximum absolute atomic E-state index is 2.40. The van der Waals surface area contributed by atoms with Gasteiger partial charge in [-0.3, -0.25) is 0 Å². The van der Waals surface area contributed by atoms with Crippen LogP contribution < -0.4 is 0 Å². The van der Waals surface area contributed by atoms with Crippen molar-refractivity contribution in [1.82, 2.24) is 0 Å². The Hall–Kier alpha value is -0.260. The van der Waals surface area contributed by atoms with Gasteiger partial charge in [0, 0.05) is 0 Å². The van der Waals surface area contributed by atoms with E-state index in [2.05, 4.69) is 33.8 Å². The van der Waals surface area contributed by atoms with E-state index in [1.165, 1.54) is 32.1 Å². The van der Waals surface area contributed by atoms with Crippen molar-refractivity contribution in [3.8, 4) is 0 Å². The highest BCUT2D eigenvalue weighted by molar-refractivity contribution is 4.96. The van der Waals surface area contributed by atoms with Crippen LogP contribution in [-0.2, 0) is 0 Å². The summed E-state index contributed by atoms with van der Waals surface area (Å²) in [6.45, 7) is 9.07. The summed E-state index contributed by atoms with van der Waals surface area (Å²) in [7, 11) is 0. The minimum absolute atomic E-state index is 0.881. The molecule has 1 atom stereocenters. The van der Waals surface area contributed by atoms with Gasteiger partial charge in [-0.2, -0.15) is 0 Å². The molecular formula is C12H24. The van der Waals surface area contributed by atoms with Gasteiger partial charge in [-0.25, -0.2) is 0 Å². The molecule has 1 unspecified atom stereocenters. The molecule has 0 aliphatic rings. The molecule has 0 aromatic heterocycles. The van der Waals surface area contributed by atoms with Crippen LogP contribution in [0.1, 0.15) is 59.8 Å². The predicted molar refractivity (Wildman–Crippen MR) is 57.4 cm³/mol. The third kappa shape index (κ3) is 6.45. The zero-order chi connectivity index (χ0) is 9.40. The first kappa shape index (κ1) is 11.7. The van der Waals surface area contributed by atoms with Gasteiger partial charge in [0.2, 0.25) is 0 Å². The first-order chi connectivity index (χ1) is 5.70. The highest BCUT2D eigenvalue weighted by Gasteiger charge is 1.98. The van der Waals surface area contributed by atoms with Gasteiger partial charge in [0.25, 0.3) is 0 Å². The van der Waals surface area contributed by atoms with Crippen LogP contribution in [0.5, 0.6) is 0 Å². The molecule has 0 aliphatic heterocycles. The number of rotatable bonds is 6. The molecule has 0 spiro atoms. The second-order valence-corrected chi connectivity index (χ2v) is 3.89. The molecule has 0 saturated heterocycles. The van der Waals surface area contributed by atoms with Gasteiger partial charge in [0.1, 0.15) is 0 Å². The first-order valence-corrected chi connectivity index (χ1v) is 5.36. The lowest BCUT2D eigenvalue weighted by Crippen LogP contribution is -1.92. The fourth-order valence-electron chi connectivity index (χ4n) is 1.22. The third-order valence-electron chi connectivity index (χ3n) is 2.48. The Morgan fingerprint density at radius 1 is 1.33 bits per heavy atom. The second-order valence-electron chi connectivity index (χ2n) is 3.89. The van der Waals surface area contributed by atoms with Gasteiger partial charge in [0.15, 0.2) is 0 Å². The Labute approximate surface area is 78.1 Å². The van der Waals surface area contributed by atoms with Crippen molar-refractivity contribution in [3.05, 3.63) is 11.6 Å². The molecule has 12 heavy (non-hydrogen) atoms. The third-order valence-corrected chi connectivity index (χ3v) is 2.48. The Morgan fingerprint density at radius 3 is 2.50 bits per heavy atom. The average molecular weight is 168 g/mol. The molecule has 0 radical (unpaired) electrons. The summed E-state index contributed by atoms with van der Waals surface area (Å²) >= 11 is 0. The monoisotopic (exact) mass is 168 g/mol. The summed E-state index contributed by atoms with van der Waals surface area (Å²) in [6.07, 6.45) is 9.01. The van der Waals surface area contributed by atoms with Crippen molar-refractivity contribution in [2.45, 2.75) is 59.8 Å². The van der Waals surface area contributed by atoms with Crippen molar-refractivity contribution in [2.75, 3.05) is 0 Å². The van der Waals surface area contributed by atoms with E-state index >= 15 is 0 Å². The van der Waals surface area contributed by atoms with Crippen molar-refractivity contribution in [1.29, 1.82) is 0 Å². The standard InChI is InChI=1S/C12H24/c1-5-7-8-12(4)10-9-11(3)6-2/h9,12H,5-8,10H2,1-4H3/b11-9-. The lowest BCUT2D eigenvalue weighted by molar-refractivity contribution is 0.510. The molecule has 72 valence electrons. The Bertz CT molecular complexity index is 122. The summed E-state index contributed by atoms with van der Waals surface area (Å²) in [5, 5.41) is 0. The average Bonchev–Trinajstić information content (AvgIpc) is 2.10. The van der Waals surface area contributed by atoms with Gasteiger partial charge >= 0.3 is 0 Å². The van der Waals surface area contributed by atoms with Crippen molar-refractivity contribution < 1.29 is 0 Å². The minimum Gasteiger partial charge on any atom is -0.0854 e. The molecule has 0 aromatic carbocycles. The van der Waals surface area contributed by atoms with Crippen LogP contribution in [0.25, 0.3) is 0 Å². The molecule has 0 rings (SSSR count). The molecule has 0 amide bonds. The van der Waals surface area contributed by atoms with Crippen LogP contribution in [0.4, 0.5) is 0 Å². The molecule has 0 N–H and O–H groups in total. The normalized spacial score (nSPS) is 14.8. The number of unbranched alkanes of at least 4 members (excludes halogenated alkanes) is 1. The number of allylic oxidation sites excluding steroid dienone is 2. The van der Waals surface area contributed by atoms with E-state index < -0.39 is 0 Å². The summed E-state index contributed by atoms with van der Waals surface area (Å²) < 4.78 is 0. The first-order valence-electron chi connectivity index (χ1n) is 5.36. The van der Waals surface area contributed by atoms with Crippen LogP contribution in [0.15, 0.2) is 11.6 Å². The molecule has 0 heteroatoms. The van der Waals surface area contributed by atoms with Crippen LogP contribution in [0.2, 0.25) is 0 Å². The van der Waals surface area contributed by atoms with E-state index in [1.807, 2.05) is 0 Å². The Kier molecular flexibility index (Phi) is 7.23. The molecular weight excluding hydrogens is 144 g/mol. The molecule has 0 bridgehead atoms. The maximum Gasteiger partial charge on any atom is -0.0322 e. The van der Waals surface area contributed by atoms with Crippen molar-refractivity contribution >= 4 is 0 Å². The molecule has 0 aromatic rings.